The van der Waals surface area contributed by atoms with E-state index in [-0.39, 0.29) is 12.1 Å². The topological polar surface area (TPSA) is 46.5 Å². The van der Waals surface area contributed by atoms with Crippen LogP contribution in [0.4, 0.5) is 0 Å². The summed E-state index contributed by atoms with van der Waals surface area (Å²) in [6.07, 6.45) is 1.69. The van der Waals surface area contributed by atoms with Crippen molar-refractivity contribution in [1.82, 2.24) is 0 Å². The van der Waals surface area contributed by atoms with E-state index in [1.165, 1.54) is 0 Å². The largest absolute Gasteiger partial charge is 0.466 e. The summed E-state index contributed by atoms with van der Waals surface area (Å²) in [5, 5.41) is 9.27. The molecule has 0 aliphatic heterocycles. The molecule has 1 N–H and O–H groups in total. The van der Waals surface area contributed by atoms with Gasteiger partial charge in [0.25, 0.3) is 0 Å². The zero-order valence-corrected chi connectivity index (χ0v) is 9.67. The van der Waals surface area contributed by atoms with Gasteiger partial charge < -0.3 is 9.84 Å². The van der Waals surface area contributed by atoms with Gasteiger partial charge in [-0.05, 0) is 33.1 Å². The summed E-state index contributed by atoms with van der Waals surface area (Å²) in [4.78, 5) is 11.4. The maximum atomic E-state index is 11.4. The second-order valence-electron chi connectivity index (χ2n) is 3.68. The quantitative estimate of drug-likeness (QED) is 0.698. The zero-order chi connectivity index (χ0) is 11.2. The molecule has 1 rings (SSSR count). The number of carbonyl (C=O) groups is 1. The van der Waals surface area contributed by atoms with Crippen LogP contribution in [0.3, 0.4) is 0 Å². The fourth-order valence-corrected chi connectivity index (χ4v) is 1.70. The molecule has 0 radical (unpaired) electrons. The molecule has 84 valence electrons. The van der Waals surface area contributed by atoms with Crippen molar-refractivity contribution in [3.05, 3.63) is 0 Å². The van der Waals surface area contributed by atoms with Gasteiger partial charge in [0.05, 0.1) is 18.1 Å². The third kappa shape index (κ3) is 3.29. The summed E-state index contributed by atoms with van der Waals surface area (Å²) in [7, 11) is 0. The minimum absolute atomic E-state index is 0.165. The summed E-state index contributed by atoms with van der Waals surface area (Å²) in [5.41, 5.74) is -0.435. The first-order valence-corrected chi connectivity index (χ1v) is 5.44. The lowest BCUT2D eigenvalue weighted by Crippen LogP contribution is -2.27. The summed E-state index contributed by atoms with van der Waals surface area (Å²) in [6, 6.07) is 0. The van der Waals surface area contributed by atoms with Crippen LogP contribution in [0.1, 0.15) is 47.0 Å². The van der Waals surface area contributed by atoms with Gasteiger partial charge in [0.2, 0.25) is 0 Å². The second kappa shape index (κ2) is 6.02. The molecule has 1 aliphatic rings. The Balaban J connectivity index is 0.000000791. The normalized spacial score (nSPS) is 30.5. The van der Waals surface area contributed by atoms with Crippen molar-refractivity contribution in [3.63, 3.8) is 0 Å². The highest BCUT2D eigenvalue weighted by atomic mass is 16.5. The molecule has 1 fully saturated rings. The summed E-state index contributed by atoms with van der Waals surface area (Å²) < 4.78 is 4.93. The number of rotatable bonds is 2. The van der Waals surface area contributed by atoms with E-state index in [1.54, 1.807) is 6.92 Å². The molecule has 14 heavy (non-hydrogen) atoms. The number of aliphatic hydroxyl groups is 1. The standard InChI is InChI=1S/C9H16O3.C2H6/c1-3-12-8(11)9(2)5-4-7(10)6-9;1-2/h7,10H,3-6H2,1-2H3;1-2H3. The Labute approximate surface area is 86.5 Å². The average molecular weight is 202 g/mol. The van der Waals surface area contributed by atoms with Crippen LogP contribution in [0, 0.1) is 5.41 Å². The van der Waals surface area contributed by atoms with Crippen molar-refractivity contribution in [2.45, 2.75) is 53.1 Å². The minimum atomic E-state index is -0.435. The van der Waals surface area contributed by atoms with Crippen molar-refractivity contribution in [1.29, 1.82) is 0 Å². The number of carbonyl (C=O) groups excluding carboxylic acids is 1. The molecule has 3 heteroatoms. The lowest BCUT2D eigenvalue weighted by molar-refractivity contribution is -0.154. The maximum Gasteiger partial charge on any atom is 0.311 e. The molecule has 0 spiro atoms. The molecule has 1 saturated carbocycles. The number of hydrogen-bond donors (Lipinski definition) is 1. The first kappa shape index (κ1) is 13.4. The van der Waals surface area contributed by atoms with Crippen LogP contribution >= 0.6 is 0 Å². The van der Waals surface area contributed by atoms with E-state index < -0.39 is 5.41 Å². The van der Waals surface area contributed by atoms with Gasteiger partial charge in [-0.3, -0.25) is 4.79 Å². The smallest absolute Gasteiger partial charge is 0.311 e. The Hall–Kier alpha value is -0.570. The molecule has 0 amide bonds. The highest BCUT2D eigenvalue weighted by Gasteiger charge is 2.41. The summed E-state index contributed by atoms with van der Waals surface area (Å²) in [6.45, 7) is 8.08. The Morgan fingerprint density at radius 3 is 2.50 bits per heavy atom. The number of aliphatic hydroxyl groups excluding tert-OH is 1. The van der Waals surface area contributed by atoms with Crippen LogP contribution in [0.5, 0.6) is 0 Å². The first-order valence-electron chi connectivity index (χ1n) is 5.44. The molecule has 0 saturated heterocycles. The van der Waals surface area contributed by atoms with Crippen molar-refractivity contribution >= 4 is 5.97 Å². The number of esters is 1. The highest BCUT2D eigenvalue weighted by molar-refractivity contribution is 5.76. The Kier molecular flexibility index (Phi) is 5.77. The van der Waals surface area contributed by atoms with Crippen molar-refractivity contribution in [2.75, 3.05) is 6.61 Å². The van der Waals surface area contributed by atoms with Crippen LogP contribution in [0.25, 0.3) is 0 Å². The lowest BCUT2D eigenvalue weighted by atomic mass is 9.89. The maximum absolute atomic E-state index is 11.4. The van der Waals surface area contributed by atoms with E-state index in [9.17, 15) is 9.90 Å². The fraction of sp³-hybridized carbons (Fsp3) is 0.909. The molecule has 0 heterocycles. The van der Waals surface area contributed by atoms with Crippen molar-refractivity contribution < 1.29 is 14.6 Å². The van der Waals surface area contributed by atoms with Crippen LogP contribution < -0.4 is 0 Å². The molecular formula is C11H22O3. The van der Waals surface area contributed by atoms with Gasteiger partial charge in [0.1, 0.15) is 0 Å². The molecule has 0 aromatic carbocycles. The second-order valence-corrected chi connectivity index (χ2v) is 3.68. The lowest BCUT2D eigenvalue weighted by Gasteiger charge is -2.20. The SMILES string of the molecule is CC.CCOC(=O)C1(C)CCC(O)C1. The molecule has 1 aliphatic carbocycles. The highest BCUT2D eigenvalue weighted by Crippen LogP contribution is 2.38. The summed E-state index contributed by atoms with van der Waals surface area (Å²) in [5.74, 6) is -0.165. The monoisotopic (exact) mass is 202 g/mol. The van der Waals surface area contributed by atoms with Crippen LogP contribution in [-0.2, 0) is 9.53 Å². The van der Waals surface area contributed by atoms with Crippen molar-refractivity contribution in [2.24, 2.45) is 5.41 Å². The van der Waals surface area contributed by atoms with Crippen LogP contribution in [-0.4, -0.2) is 23.8 Å². The Morgan fingerprint density at radius 2 is 2.14 bits per heavy atom. The average Bonchev–Trinajstić information content (AvgIpc) is 2.52. The van der Waals surface area contributed by atoms with Gasteiger partial charge in [-0.15, -0.1) is 0 Å². The van der Waals surface area contributed by atoms with E-state index in [4.69, 9.17) is 4.74 Å². The number of ether oxygens (including phenoxy) is 1. The third-order valence-corrected chi connectivity index (χ3v) is 2.48. The zero-order valence-electron chi connectivity index (χ0n) is 9.67. The third-order valence-electron chi connectivity index (χ3n) is 2.48. The Bertz CT molecular complexity index is 179. The van der Waals surface area contributed by atoms with Gasteiger partial charge in [0, 0.05) is 0 Å². The molecule has 0 bridgehead atoms. The molecule has 3 nitrogen and oxygen atoms in total. The number of hydrogen-bond acceptors (Lipinski definition) is 3. The fourth-order valence-electron chi connectivity index (χ4n) is 1.70. The van der Waals surface area contributed by atoms with Gasteiger partial charge in [-0.1, -0.05) is 13.8 Å². The molecular weight excluding hydrogens is 180 g/mol. The van der Waals surface area contributed by atoms with E-state index in [2.05, 4.69) is 0 Å². The summed E-state index contributed by atoms with van der Waals surface area (Å²) >= 11 is 0. The van der Waals surface area contributed by atoms with Crippen LogP contribution in [0.2, 0.25) is 0 Å². The molecule has 2 atom stereocenters. The van der Waals surface area contributed by atoms with Gasteiger partial charge in [-0.25, -0.2) is 0 Å². The van der Waals surface area contributed by atoms with Gasteiger partial charge in [0.15, 0.2) is 0 Å². The van der Waals surface area contributed by atoms with E-state index in [0.717, 1.165) is 12.8 Å². The first-order chi connectivity index (χ1) is 6.58. The predicted octanol–water partition coefficient (Wildman–Crippen LogP) is 2.13. The van der Waals surface area contributed by atoms with Gasteiger partial charge >= 0.3 is 5.97 Å². The molecule has 2 unspecified atom stereocenters. The predicted molar refractivity (Wildman–Crippen MR) is 55.9 cm³/mol. The van der Waals surface area contributed by atoms with Crippen LogP contribution in [0.15, 0.2) is 0 Å². The minimum Gasteiger partial charge on any atom is -0.466 e. The van der Waals surface area contributed by atoms with Gasteiger partial charge in [-0.2, -0.15) is 0 Å². The molecule has 0 aromatic rings. The molecule has 0 aromatic heterocycles. The van der Waals surface area contributed by atoms with E-state index in [1.807, 2.05) is 20.8 Å². The van der Waals surface area contributed by atoms with Crippen molar-refractivity contribution in [3.8, 4) is 0 Å². The Morgan fingerprint density at radius 1 is 1.57 bits per heavy atom. The van der Waals surface area contributed by atoms with E-state index in [0.29, 0.717) is 13.0 Å². The van der Waals surface area contributed by atoms with E-state index >= 15 is 0 Å².